The lowest BCUT2D eigenvalue weighted by molar-refractivity contribution is -0.141. The van der Waals surface area contributed by atoms with Crippen molar-refractivity contribution in [3.63, 3.8) is 0 Å². The Morgan fingerprint density at radius 2 is 2.25 bits per heavy atom. The number of carbonyl (C=O) groups is 2. The van der Waals surface area contributed by atoms with E-state index in [1.165, 1.54) is 18.9 Å². The largest absolute Gasteiger partial charge is 0.464 e. The van der Waals surface area contributed by atoms with E-state index in [9.17, 15) is 9.59 Å². The summed E-state index contributed by atoms with van der Waals surface area (Å²) in [4.78, 5) is 23.4. The first-order valence-electron chi connectivity index (χ1n) is 3.73. The maximum atomic E-state index is 11.0. The highest BCUT2D eigenvalue weighted by Crippen LogP contribution is 2.15. The molecule has 0 radical (unpaired) electrons. The molecule has 66 valence electrons. The van der Waals surface area contributed by atoms with Crippen LogP contribution in [0.5, 0.6) is 0 Å². The second kappa shape index (κ2) is 3.38. The lowest BCUT2D eigenvalue weighted by atomic mass is 10.4. The van der Waals surface area contributed by atoms with Crippen LogP contribution in [0.2, 0.25) is 0 Å². The van der Waals surface area contributed by atoms with Crippen molar-refractivity contribution in [3.05, 3.63) is 11.8 Å². The van der Waals surface area contributed by atoms with Crippen LogP contribution in [-0.4, -0.2) is 30.4 Å². The predicted octanol–water partition coefficient (Wildman–Crippen LogP) is 0.296. The Morgan fingerprint density at radius 3 is 2.75 bits per heavy atom. The van der Waals surface area contributed by atoms with Gasteiger partial charge in [-0.3, -0.25) is 4.79 Å². The zero-order valence-electron chi connectivity index (χ0n) is 7.16. The van der Waals surface area contributed by atoms with E-state index in [1.54, 1.807) is 6.08 Å². The Bertz CT molecular complexity index is 245. The topological polar surface area (TPSA) is 46.6 Å². The van der Waals surface area contributed by atoms with Crippen LogP contribution < -0.4 is 0 Å². The van der Waals surface area contributed by atoms with Gasteiger partial charge in [0.1, 0.15) is 5.70 Å². The molecule has 12 heavy (non-hydrogen) atoms. The molecule has 1 aliphatic rings. The zero-order chi connectivity index (χ0) is 9.14. The van der Waals surface area contributed by atoms with E-state index in [1.807, 2.05) is 0 Å². The van der Waals surface area contributed by atoms with Crippen molar-refractivity contribution in [2.75, 3.05) is 13.7 Å². The van der Waals surface area contributed by atoms with Crippen molar-refractivity contribution in [1.82, 2.24) is 4.90 Å². The summed E-state index contributed by atoms with van der Waals surface area (Å²) in [6, 6.07) is 0. The summed E-state index contributed by atoms with van der Waals surface area (Å²) in [5, 5.41) is 0. The molecule has 0 saturated carbocycles. The summed E-state index contributed by atoms with van der Waals surface area (Å²) in [7, 11) is 1.31. The van der Waals surface area contributed by atoms with E-state index in [-0.39, 0.29) is 5.91 Å². The summed E-state index contributed by atoms with van der Waals surface area (Å²) < 4.78 is 4.51. The van der Waals surface area contributed by atoms with Crippen LogP contribution in [0.3, 0.4) is 0 Å². The molecule has 0 aromatic rings. The van der Waals surface area contributed by atoms with Gasteiger partial charge in [-0.05, 0) is 6.42 Å². The average molecular weight is 169 g/mol. The number of methoxy groups -OCH3 is 1. The number of rotatable bonds is 1. The molecule has 4 nitrogen and oxygen atoms in total. The lowest BCUT2D eigenvalue weighted by Gasteiger charge is -2.15. The lowest BCUT2D eigenvalue weighted by Crippen LogP contribution is -2.29. The molecule has 0 aromatic heterocycles. The van der Waals surface area contributed by atoms with Crippen molar-refractivity contribution in [1.29, 1.82) is 0 Å². The fourth-order valence-corrected chi connectivity index (χ4v) is 1.19. The Kier molecular flexibility index (Phi) is 2.47. The van der Waals surface area contributed by atoms with Gasteiger partial charge in [0.15, 0.2) is 0 Å². The highest BCUT2D eigenvalue weighted by atomic mass is 16.5. The van der Waals surface area contributed by atoms with Crippen LogP contribution in [0.15, 0.2) is 11.8 Å². The quantitative estimate of drug-likeness (QED) is 0.530. The van der Waals surface area contributed by atoms with Gasteiger partial charge in [-0.25, -0.2) is 4.79 Å². The minimum atomic E-state index is -0.442. The van der Waals surface area contributed by atoms with Gasteiger partial charge >= 0.3 is 5.97 Å². The van der Waals surface area contributed by atoms with Crippen LogP contribution in [0, 0.1) is 0 Å². The van der Waals surface area contributed by atoms with E-state index in [2.05, 4.69) is 4.74 Å². The molecule has 0 spiro atoms. The van der Waals surface area contributed by atoms with Gasteiger partial charge in [-0.15, -0.1) is 0 Å². The third-order valence-electron chi connectivity index (χ3n) is 1.76. The van der Waals surface area contributed by atoms with Gasteiger partial charge in [0.25, 0.3) is 0 Å². The number of ether oxygens (including phenoxy) is 1. The minimum absolute atomic E-state index is 0.121. The molecular formula is C8H11NO3. The molecule has 0 atom stereocenters. The number of esters is 1. The molecule has 1 heterocycles. The zero-order valence-corrected chi connectivity index (χ0v) is 7.16. The van der Waals surface area contributed by atoms with Crippen LogP contribution in [-0.2, 0) is 14.3 Å². The summed E-state index contributed by atoms with van der Waals surface area (Å²) in [6.07, 6.45) is 2.44. The van der Waals surface area contributed by atoms with Gasteiger partial charge in [-0.2, -0.15) is 0 Å². The fraction of sp³-hybridized carbons (Fsp3) is 0.500. The Morgan fingerprint density at radius 1 is 1.58 bits per heavy atom. The van der Waals surface area contributed by atoms with Crippen LogP contribution in [0.25, 0.3) is 0 Å². The molecule has 0 aliphatic carbocycles. The Hall–Kier alpha value is -1.32. The first-order valence-corrected chi connectivity index (χ1v) is 3.73. The van der Waals surface area contributed by atoms with Crippen molar-refractivity contribution in [2.45, 2.75) is 13.3 Å². The van der Waals surface area contributed by atoms with E-state index in [4.69, 9.17) is 0 Å². The van der Waals surface area contributed by atoms with Crippen molar-refractivity contribution >= 4 is 11.9 Å². The summed E-state index contributed by atoms with van der Waals surface area (Å²) in [5.74, 6) is -0.563. The van der Waals surface area contributed by atoms with Crippen LogP contribution in [0.1, 0.15) is 13.3 Å². The Balaban J connectivity index is 2.76. The summed E-state index contributed by atoms with van der Waals surface area (Å²) >= 11 is 0. The maximum Gasteiger partial charge on any atom is 0.354 e. The predicted molar refractivity (Wildman–Crippen MR) is 42.1 cm³/mol. The third kappa shape index (κ3) is 1.47. The molecule has 0 aromatic carbocycles. The van der Waals surface area contributed by atoms with E-state index < -0.39 is 5.97 Å². The standard InChI is InChI=1S/C8H11NO3/c1-6(10)9-5-3-4-7(9)8(11)12-2/h4H,3,5H2,1-2H3. The molecule has 1 aliphatic heterocycles. The molecule has 0 fully saturated rings. The number of hydrogen-bond donors (Lipinski definition) is 0. The second-order valence-electron chi connectivity index (χ2n) is 2.54. The number of hydrogen-bond acceptors (Lipinski definition) is 3. The molecule has 1 amide bonds. The number of carbonyl (C=O) groups excluding carboxylic acids is 2. The van der Waals surface area contributed by atoms with Crippen LogP contribution in [0.4, 0.5) is 0 Å². The molecule has 1 rings (SSSR count). The van der Waals surface area contributed by atoms with Gasteiger partial charge in [0.05, 0.1) is 7.11 Å². The van der Waals surface area contributed by atoms with Gasteiger partial charge in [0.2, 0.25) is 5.91 Å². The Labute approximate surface area is 70.8 Å². The van der Waals surface area contributed by atoms with Gasteiger partial charge in [-0.1, -0.05) is 6.08 Å². The highest BCUT2D eigenvalue weighted by Gasteiger charge is 2.24. The van der Waals surface area contributed by atoms with Crippen molar-refractivity contribution in [2.24, 2.45) is 0 Å². The smallest absolute Gasteiger partial charge is 0.354 e. The fourth-order valence-electron chi connectivity index (χ4n) is 1.19. The normalized spacial score (nSPS) is 15.8. The summed E-state index contributed by atoms with van der Waals surface area (Å²) in [6.45, 7) is 2.02. The summed E-state index contributed by atoms with van der Waals surface area (Å²) in [5.41, 5.74) is 0.366. The SMILES string of the molecule is COC(=O)C1=CCCN1C(C)=O. The molecule has 4 heteroatoms. The molecule has 0 bridgehead atoms. The molecule has 0 N–H and O–H groups in total. The van der Waals surface area contributed by atoms with E-state index >= 15 is 0 Å². The first-order chi connectivity index (χ1) is 5.66. The van der Waals surface area contributed by atoms with Crippen LogP contribution >= 0.6 is 0 Å². The van der Waals surface area contributed by atoms with E-state index in [0.717, 1.165) is 6.42 Å². The number of nitrogens with zero attached hydrogens (tertiary/aromatic N) is 1. The molecule has 0 unspecified atom stereocenters. The molecule has 0 saturated heterocycles. The monoisotopic (exact) mass is 169 g/mol. The van der Waals surface area contributed by atoms with E-state index in [0.29, 0.717) is 12.2 Å². The van der Waals surface area contributed by atoms with Crippen molar-refractivity contribution < 1.29 is 14.3 Å². The van der Waals surface area contributed by atoms with Gasteiger partial charge in [0, 0.05) is 13.5 Å². The maximum absolute atomic E-state index is 11.0. The van der Waals surface area contributed by atoms with Gasteiger partial charge < -0.3 is 9.64 Å². The minimum Gasteiger partial charge on any atom is -0.464 e. The average Bonchev–Trinajstić information content (AvgIpc) is 2.50. The second-order valence-corrected chi connectivity index (χ2v) is 2.54. The number of amides is 1. The molecular weight excluding hydrogens is 158 g/mol. The van der Waals surface area contributed by atoms with Crippen molar-refractivity contribution in [3.8, 4) is 0 Å². The highest BCUT2D eigenvalue weighted by molar-refractivity contribution is 5.93. The third-order valence-corrected chi connectivity index (χ3v) is 1.76. The first kappa shape index (κ1) is 8.77.